The first kappa shape index (κ1) is 15.5. The summed E-state index contributed by atoms with van der Waals surface area (Å²) in [5.41, 5.74) is 2.58. The topological polar surface area (TPSA) is 21.6 Å². The Balaban J connectivity index is 2.00. The van der Waals surface area contributed by atoms with Crippen molar-refractivity contribution in [3.05, 3.63) is 71.8 Å². The lowest BCUT2D eigenvalue weighted by Gasteiger charge is -2.13. The Morgan fingerprint density at radius 2 is 1.62 bits per heavy atom. The van der Waals surface area contributed by atoms with Gasteiger partial charge in [-0.2, -0.15) is 0 Å². The normalized spacial score (nSPS) is 14.2. The van der Waals surface area contributed by atoms with Gasteiger partial charge in [0.1, 0.15) is 0 Å². The highest BCUT2D eigenvalue weighted by Crippen LogP contribution is 2.13. The van der Waals surface area contributed by atoms with Gasteiger partial charge in [-0.15, -0.1) is 0 Å². The summed E-state index contributed by atoms with van der Waals surface area (Å²) in [6, 6.07) is 21.1. The van der Waals surface area contributed by atoms with E-state index in [1.54, 1.807) is 7.11 Å². The Bertz CT molecular complexity index is 536. The maximum atomic E-state index is 5.30. The van der Waals surface area contributed by atoms with Crippen LogP contribution in [0.25, 0.3) is 0 Å². The fourth-order valence-corrected chi connectivity index (χ4v) is 2.33. The molecule has 0 bridgehead atoms. The van der Waals surface area contributed by atoms with E-state index >= 15 is 0 Å². The minimum Gasteiger partial charge on any atom is -0.382 e. The van der Waals surface area contributed by atoms with Crippen molar-refractivity contribution < 1.29 is 4.74 Å². The molecule has 110 valence electrons. The zero-order valence-electron chi connectivity index (χ0n) is 12.8. The smallest absolute Gasteiger partial charge is 0.0769 e. The minimum atomic E-state index is 0.170. The lowest BCUT2D eigenvalue weighted by atomic mass is 10.0. The molecule has 0 aromatic heterocycles. The fraction of sp³-hybridized carbons (Fsp3) is 0.316. The quantitative estimate of drug-likeness (QED) is 0.700. The number of rotatable bonds is 7. The second-order valence-electron chi connectivity index (χ2n) is 5.30. The van der Waals surface area contributed by atoms with Gasteiger partial charge < -0.3 is 4.74 Å². The molecule has 21 heavy (non-hydrogen) atoms. The molecule has 2 aromatic rings. The number of hydrogen-bond donors (Lipinski definition) is 0. The van der Waals surface area contributed by atoms with Crippen molar-refractivity contribution in [2.24, 2.45) is 4.99 Å². The first-order chi connectivity index (χ1) is 10.3. The second kappa shape index (κ2) is 8.38. The van der Waals surface area contributed by atoms with E-state index in [1.807, 2.05) is 18.3 Å². The number of ether oxygens (including phenoxy) is 1. The zero-order valence-corrected chi connectivity index (χ0v) is 12.8. The molecule has 0 amide bonds. The molecule has 0 aliphatic rings. The van der Waals surface area contributed by atoms with Gasteiger partial charge in [-0.3, -0.25) is 4.99 Å². The molecule has 2 heteroatoms. The molecule has 2 nitrogen and oxygen atoms in total. The highest BCUT2D eigenvalue weighted by molar-refractivity contribution is 5.67. The van der Waals surface area contributed by atoms with Crippen LogP contribution in [0.5, 0.6) is 0 Å². The molecule has 0 heterocycles. The summed E-state index contributed by atoms with van der Waals surface area (Å²) in [6.07, 6.45) is 2.95. The number of hydrogen-bond acceptors (Lipinski definition) is 2. The molecule has 0 fully saturated rings. The van der Waals surface area contributed by atoms with Crippen LogP contribution in [0.4, 0.5) is 0 Å². The van der Waals surface area contributed by atoms with Gasteiger partial charge in [0.25, 0.3) is 0 Å². The molecule has 0 aliphatic heterocycles. The molecule has 2 atom stereocenters. The predicted octanol–water partition coefficient (Wildman–Crippen LogP) is 4.12. The van der Waals surface area contributed by atoms with Crippen LogP contribution in [0.15, 0.2) is 65.7 Å². The van der Waals surface area contributed by atoms with Crippen LogP contribution in [0, 0.1) is 0 Å². The molecule has 0 saturated heterocycles. The van der Waals surface area contributed by atoms with Crippen molar-refractivity contribution >= 4 is 6.21 Å². The summed E-state index contributed by atoms with van der Waals surface area (Å²) in [4.78, 5) is 4.74. The minimum absolute atomic E-state index is 0.170. The van der Waals surface area contributed by atoms with Crippen molar-refractivity contribution in [2.75, 3.05) is 13.7 Å². The van der Waals surface area contributed by atoms with Gasteiger partial charge in [0.2, 0.25) is 0 Å². The summed E-state index contributed by atoms with van der Waals surface area (Å²) in [7, 11) is 1.73. The van der Waals surface area contributed by atoms with Crippen LogP contribution in [-0.2, 0) is 11.2 Å². The molecular weight excluding hydrogens is 258 g/mol. The molecule has 2 rings (SSSR count). The maximum Gasteiger partial charge on any atom is 0.0769 e. The third kappa shape index (κ3) is 5.16. The molecular formula is C19H23NO. The Labute approximate surface area is 127 Å². The summed E-state index contributed by atoms with van der Waals surface area (Å²) in [5, 5.41) is 0. The largest absolute Gasteiger partial charge is 0.382 e. The van der Waals surface area contributed by atoms with Crippen molar-refractivity contribution in [1.82, 2.24) is 0 Å². The molecule has 1 unspecified atom stereocenters. The van der Waals surface area contributed by atoms with Gasteiger partial charge in [-0.25, -0.2) is 0 Å². The van der Waals surface area contributed by atoms with Crippen LogP contribution in [0.1, 0.15) is 24.0 Å². The van der Waals surface area contributed by atoms with Crippen molar-refractivity contribution in [2.45, 2.75) is 25.3 Å². The summed E-state index contributed by atoms with van der Waals surface area (Å²) >= 11 is 0. The second-order valence-corrected chi connectivity index (χ2v) is 5.30. The van der Waals surface area contributed by atoms with Crippen LogP contribution in [0.2, 0.25) is 0 Å². The number of benzene rings is 2. The Morgan fingerprint density at radius 3 is 2.24 bits per heavy atom. The van der Waals surface area contributed by atoms with Gasteiger partial charge >= 0.3 is 0 Å². The number of nitrogens with zero attached hydrogens (tertiary/aromatic N) is 1. The standard InChI is InChI=1S/C19H23NO/c1-16(18-11-7-4-8-12-18)14-20-19(15-21-2)13-17-9-5-3-6-10-17/h3-12,14,16,19H,13,15H2,1-2H3/t16?,19-/m0/s1. The van der Waals surface area contributed by atoms with Crippen LogP contribution >= 0.6 is 0 Å². The van der Waals surface area contributed by atoms with Crippen LogP contribution in [-0.4, -0.2) is 26.0 Å². The van der Waals surface area contributed by atoms with Gasteiger partial charge in [0.05, 0.1) is 12.6 Å². The van der Waals surface area contributed by atoms with E-state index in [-0.39, 0.29) is 6.04 Å². The van der Waals surface area contributed by atoms with E-state index in [1.165, 1.54) is 11.1 Å². The van der Waals surface area contributed by atoms with E-state index in [4.69, 9.17) is 9.73 Å². The number of aliphatic imine (C=N–C) groups is 1. The molecule has 0 N–H and O–H groups in total. The average Bonchev–Trinajstić information content (AvgIpc) is 2.54. The van der Waals surface area contributed by atoms with Gasteiger partial charge in [0.15, 0.2) is 0 Å². The first-order valence-electron chi connectivity index (χ1n) is 7.40. The molecule has 0 saturated carbocycles. The Kier molecular flexibility index (Phi) is 6.17. The molecule has 0 spiro atoms. The van der Waals surface area contributed by atoms with Gasteiger partial charge in [-0.05, 0) is 17.5 Å². The van der Waals surface area contributed by atoms with Crippen molar-refractivity contribution in [3.63, 3.8) is 0 Å². The lowest BCUT2D eigenvalue weighted by Crippen LogP contribution is -2.16. The SMILES string of the molecule is COC[C@H](Cc1ccccc1)N=CC(C)c1ccccc1. The van der Waals surface area contributed by atoms with E-state index in [0.29, 0.717) is 12.5 Å². The monoisotopic (exact) mass is 281 g/mol. The van der Waals surface area contributed by atoms with Crippen LogP contribution < -0.4 is 0 Å². The molecule has 2 aromatic carbocycles. The van der Waals surface area contributed by atoms with E-state index in [0.717, 1.165) is 6.42 Å². The van der Waals surface area contributed by atoms with Crippen molar-refractivity contribution in [1.29, 1.82) is 0 Å². The summed E-state index contributed by atoms with van der Waals surface area (Å²) in [6.45, 7) is 2.82. The number of methoxy groups -OCH3 is 1. The highest BCUT2D eigenvalue weighted by atomic mass is 16.5. The summed E-state index contributed by atoms with van der Waals surface area (Å²) < 4.78 is 5.30. The van der Waals surface area contributed by atoms with E-state index in [9.17, 15) is 0 Å². The highest BCUT2D eigenvalue weighted by Gasteiger charge is 2.08. The molecule has 0 aliphatic carbocycles. The Morgan fingerprint density at radius 1 is 1.00 bits per heavy atom. The predicted molar refractivity (Wildman–Crippen MR) is 89.2 cm³/mol. The average molecular weight is 281 g/mol. The lowest BCUT2D eigenvalue weighted by molar-refractivity contribution is 0.181. The fourth-order valence-electron chi connectivity index (χ4n) is 2.33. The first-order valence-corrected chi connectivity index (χ1v) is 7.40. The summed E-state index contributed by atoms with van der Waals surface area (Å²) in [5.74, 6) is 0.321. The molecule has 0 radical (unpaired) electrons. The van der Waals surface area contributed by atoms with Crippen molar-refractivity contribution in [3.8, 4) is 0 Å². The van der Waals surface area contributed by atoms with Gasteiger partial charge in [0, 0.05) is 19.2 Å². The maximum absolute atomic E-state index is 5.30. The van der Waals surface area contributed by atoms with Crippen LogP contribution in [0.3, 0.4) is 0 Å². The third-order valence-corrected chi connectivity index (χ3v) is 3.52. The van der Waals surface area contributed by atoms with E-state index < -0.39 is 0 Å². The van der Waals surface area contributed by atoms with E-state index in [2.05, 4.69) is 55.5 Å². The zero-order chi connectivity index (χ0) is 14.9. The Hall–Kier alpha value is -1.93. The third-order valence-electron chi connectivity index (χ3n) is 3.52. The van der Waals surface area contributed by atoms with Gasteiger partial charge in [-0.1, -0.05) is 67.6 Å².